The molecule has 4 atom stereocenters. The molecule has 3 aliphatic carbocycles. The van der Waals surface area contributed by atoms with Gasteiger partial charge in [-0.3, -0.25) is 4.79 Å². The second kappa shape index (κ2) is 6.28. The molecule has 3 aliphatic rings. The van der Waals surface area contributed by atoms with E-state index in [0.29, 0.717) is 24.8 Å². The van der Waals surface area contributed by atoms with Crippen LogP contribution >= 0.6 is 15.9 Å². The average Bonchev–Trinajstić information content (AvgIpc) is 3.02. The number of fused-ring (bicyclic) bond motifs is 3. The van der Waals surface area contributed by atoms with Crippen LogP contribution < -0.4 is 0 Å². The van der Waals surface area contributed by atoms with Gasteiger partial charge in [0.2, 0.25) is 0 Å². The molecule has 1 aromatic rings. The molecule has 0 spiro atoms. The fraction of sp³-hybridized carbons (Fsp3) is 0.545. The molecule has 4 rings (SSSR count). The number of esters is 1. The Bertz CT molecular complexity index is 829. The van der Waals surface area contributed by atoms with Gasteiger partial charge < -0.3 is 9.84 Å². The maximum absolute atomic E-state index is 12.8. The fourth-order valence-corrected chi connectivity index (χ4v) is 5.61. The largest absolute Gasteiger partial charge is 0.458 e. The van der Waals surface area contributed by atoms with Gasteiger partial charge in [-0.2, -0.15) is 0 Å². The Morgan fingerprint density at radius 1 is 1.22 bits per heavy atom. The van der Waals surface area contributed by atoms with E-state index in [2.05, 4.69) is 28.9 Å². The zero-order valence-corrected chi connectivity index (χ0v) is 17.3. The Hall–Kier alpha value is -1.46. The van der Waals surface area contributed by atoms with Crippen LogP contribution in [0.4, 0.5) is 0 Å². The third-order valence-electron chi connectivity index (χ3n) is 7.16. The van der Waals surface area contributed by atoms with Gasteiger partial charge in [-0.15, -0.1) is 0 Å². The summed E-state index contributed by atoms with van der Waals surface area (Å²) in [7, 11) is 0. The Balaban J connectivity index is 1.67. The average molecular weight is 433 g/mol. The number of rotatable bonds is 2. The molecule has 4 nitrogen and oxygen atoms in total. The summed E-state index contributed by atoms with van der Waals surface area (Å²) < 4.78 is 6.94. The minimum Gasteiger partial charge on any atom is -0.458 e. The van der Waals surface area contributed by atoms with Gasteiger partial charge in [-0.1, -0.05) is 35.9 Å². The predicted octanol–water partition coefficient (Wildman–Crippen LogP) is 4.60. The molecule has 144 valence electrons. The van der Waals surface area contributed by atoms with Crippen molar-refractivity contribution in [2.24, 2.45) is 10.8 Å². The second-order valence-electron chi connectivity index (χ2n) is 8.82. The van der Waals surface area contributed by atoms with Crippen LogP contribution in [0.15, 0.2) is 40.4 Å². The molecule has 5 heteroatoms. The van der Waals surface area contributed by atoms with Crippen molar-refractivity contribution in [3.05, 3.63) is 46.0 Å². The van der Waals surface area contributed by atoms with E-state index in [1.54, 1.807) is 12.1 Å². The van der Waals surface area contributed by atoms with Crippen molar-refractivity contribution >= 4 is 27.7 Å². The zero-order chi connectivity index (χ0) is 19.4. The lowest BCUT2D eigenvalue weighted by atomic mass is 9.49. The number of carbonyl (C=O) groups excluding carboxylic acids is 2. The number of allylic oxidation sites excluding steroid dienone is 1. The van der Waals surface area contributed by atoms with Gasteiger partial charge in [0.25, 0.3) is 0 Å². The van der Waals surface area contributed by atoms with E-state index in [1.165, 1.54) is 0 Å². The smallest absolute Gasteiger partial charge is 0.338 e. The molecule has 0 saturated heterocycles. The Labute approximate surface area is 168 Å². The van der Waals surface area contributed by atoms with Crippen LogP contribution in [0.25, 0.3) is 0 Å². The fourth-order valence-electron chi connectivity index (χ4n) is 5.35. The maximum Gasteiger partial charge on any atom is 0.338 e. The van der Waals surface area contributed by atoms with Crippen LogP contribution in [0.2, 0.25) is 0 Å². The first-order valence-electron chi connectivity index (χ1n) is 9.60. The van der Waals surface area contributed by atoms with Crippen LogP contribution in [0, 0.1) is 10.8 Å². The number of ketones is 1. The summed E-state index contributed by atoms with van der Waals surface area (Å²) in [6, 6.07) is 7.15. The van der Waals surface area contributed by atoms with Crippen LogP contribution in [0.3, 0.4) is 0 Å². The first-order chi connectivity index (χ1) is 12.7. The van der Waals surface area contributed by atoms with Crippen LogP contribution in [-0.2, 0) is 9.53 Å². The van der Waals surface area contributed by atoms with Gasteiger partial charge >= 0.3 is 5.97 Å². The number of carbonyl (C=O) groups is 2. The minimum atomic E-state index is -1.12. The molecule has 0 heterocycles. The molecule has 0 bridgehead atoms. The SMILES string of the molecule is C[C@@]12CCC(=O)C[C@]1(O)C1=CCC[C@]1(C)[C@@H](OC(=O)c1ccc(Br)cc1)C2. The lowest BCUT2D eigenvalue weighted by Gasteiger charge is -2.59. The molecule has 1 N–H and O–H groups in total. The lowest BCUT2D eigenvalue weighted by molar-refractivity contribution is -0.165. The molecule has 2 saturated carbocycles. The summed E-state index contributed by atoms with van der Waals surface area (Å²) in [4.78, 5) is 24.9. The Morgan fingerprint density at radius 3 is 2.63 bits per heavy atom. The number of hydrogen-bond donors (Lipinski definition) is 1. The number of ether oxygens (including phenoxy) is 1. The summed E-state index contributed by atoms with van der Waals surface area (Å²) in [5.41, 5.74) is -0.563. The Kier molecular flexibility index (Phi) is 4.39. The van der Waals surface area contributed by atoms with Crippen molar-refractivity contribution in [2.75, 3.05) is 0 Å². The molecule has 2 fully saturated rings. The van der Waals surface area contributed by atoms with Crippen LogP contribution in [0.1, 0.15) is 62.7 Å². The molecular weight excluding hydrogens is 408 g/mol. The third-order valence-corrected chi connectivity index (χ3v) is 7.68. The van der Waals surface area contributed by atoms with Gasteiger partial charge in [0.05, 0.1) is 11.2 Å². The lowest BCUT2D eigenvalue weighted by Crippen LogP contribution is -2.62. The highest BCUT2D eigenvalue weighted by Crippen LogP contribution is 2.63. The van der Waals surface area contributed by atoms with Gasteiger partial charge in [0, 0.05) is 28.1 Å². The maximum atomic E-state index is 12.8. The van der Waals surface area contributed by atoms with E-state index in [4.69, 9.17) is 4.74 Å². The molecule has 0 unspecified atom stereocenters. The molecular formula is C22H25BrO4. The molecule has 27 heavy (non-hydrogen) atoms. The molecule has 0 aliphatic heterocycles. The first-order valence-corrected chi connectivity index (χ1v) is 10.4. The summed E-state index contributed by atoms with van der Waals surface area (Å²) in [6.07, 6.45) is 5.30. The standard InChI is InChI=1S/C22H25BrO4/c1-20-11-9-16(24)12-22(20,26)17-4-3-10-21(17,2)18(13-20)27-19(25)14-5-7-15(23)8-6-14/h4-8,18,26H,3,9-13H2,1-2H3/t18-,20-,21-,22-/m0/s1. The summed E-state index contributed by atoms with van der Waals surface area (Å²) in [5, 5.41) is 11.6. The van der Waals surface area contributed by atoms with E-state index in [9.17, 15) is 14.7 Å². The van der Waals surface area contributed by atoms with Gasteiger partial charge in [0.15, 0.2) is 0 Å². The second-order valence-corrected chi connectivity index (χ2v) is 9.73. The predicted molar refractivity (Wildman–Crippen MR) is 105 cm³/mol. The van der Waals surface area contributed by atoms with Crippen LogP contribution in [-0.4, -0.2) is 28.6 Å². The van der Waals surface area contributed by atoms with Gasteiger partial charge in [0.1, 0.15) is 11.9 Å². The quantitative estimate of drug-likeness (QED) is 0.547. The summed E-state index contributed by atoms with van der Waals surface area (Å²) in [5.74, 6) is -0.212. The van der Waals surface area contributed by atoms with E-state index in [-0.39, 0.29) is 24.3 Å². The highest BCUT2D eigenvalue weighted by molar-refractivity contribution is 9.10. The van der Waals surface area contributed by atoms with Crippen molar-refractivity contribution in [1.82, 2.24) is 0 Å². The number of hydrogen-bond acceptors (Lipinski definition) is 4. The van der Waals surface area contributed by atoms with Gasteiger partial charge in [-0.05, 0) is 55.5 Å². The minimum absolute atomic E-state index is 0.121. The number of halogens is 1. The van der Waals surface area contributed by atoms with Gasteiger partial charge in [-0.25, -0.2) is 4.79 Å². The van der Waals surface area contributed by atoms with E-state index in [1.807, 2.05) is 19.1 Å². The highest BCUT2D eigenvalue weighted by atomic mass is 79.9. The molecule has 0 aromatic heterocycles. The third kappa shape index (κ3) is 2.82. The van der Waals surface area contributed by atoms with E-state index in [0.717, 1.165) is 22.9 Å². The summed E-state index contributed by atoms with van der Waals surface area (Å²) >= 11 is 3.38. The molecule has 0 amide bonds. The van der Waals surface area contributed by atoms with E-state index < -0.39 is 16.4 Å². The first kappa shape index (κ1) is 18.9. The monoisotopic (exact) mass is 432 g/mol. The normalized spacial score (nSPS) is 38.0. The zero-order valence-electron chi connectivity index (χ0n) is 15.8. The van der Waals surface area contributed by atoms with Crippen molar-refractivity contribution in [1.29, 1.82) is 0 Å². The topological polar surface area (TPSA) is 63.6 Å². The van der Waals surface area contributed by atoms with Crippen molar-refractivity contribution in [3.63, 3.8) is 0 Å². The number of Topliss-reactive ketones (excluding diaryl/α,β-unsaturated/α-hetero) is 1. The number of aliphatic hydroxyl groups is 1. The van der Waals surface area contributed by atoms with Crippen molar-refractivity contribution < 1.29 is 19.4 Å². The highest BCUT2D eigenvalue weighted by Gasteiger charge is 2.64. The Morgan fingerprint density at radius 2 is 1.93 bits per heavy atom. The number of benzene rings is 1. The van der Waals surface area contributed by atoms with Crippen molar-refractivity contribution in [3.8, 4) is 0 Å². The molecule has 1 aromatic carbocycles. The van der Waals surface area contributed by atoms with Crippen LogP contribution in [0.5, 0.6) is 0 Å². The molecule has 0 radical (unpaired) electrons. The van der Waals surface area contributed by atoms with E-state index >= 15 is 0 Å². The summed E-state index contributed by atoms with van der Waals surface area (Å²) in [6.45, 7) is 4.11. The van der Waals surface area contributed by atoms with Crippen molar-refractivity contribution in [2.45, 2.75) is 64.1 Å².